The van der Waals surface area contributed by atoms with Crippen molar-refractivity contribution in [2.24, 2.45) is 0 Å². The van der Waals surface area contributed by atoms with E-state index < -0.39 is 10.8 Å². The molecule has 2 aliphatic heterocycles. The summed E-state index contributed by atoms with van der Waals surface area (Å²) in [5.74, 6) is 3.87. The second-order valence-corrected chi connectivity index (χ2v) is 31.4. The molecule has 2 aliphatic rings. The molecule has 16 aromatic carbocycles. The van der Waals surface area contributed by atoms with Crippen LogP contribution in [0.3, 0.4) is 0 Å². The molecule has 0 saturated carbocycles. The van der Waals surface area contributed by atoms with Gasteiger partial charge < -0.3 is 18.6 Å². The maximum absolute atomic E-state index is 6.90. The summed E-state index contributed by atoms with van der Waals surface area (Å²) in [5, 5.41) is 4.45. The first-order chi connectivity index (χ1) is 59.0. The van der Waals surface area contributed by atoms with Crippen LogP contribution in [0.5, 0.6) is 0 Å². The van der Waals surface area contributed by atoms with Crippen molar-refractivity contribution < 1.29 is 8.83 Å². The Hall–Kier alpha value is -15.3. The fraction of sp³-hybridized carbons (Fsp3) is 0.0727. The number of furan rings is 2. The summed E-state index contributed by atoms with van der Waals surface area (Å²) in [5.41, 5.74) is 30.7. The third kappa shape index (κ3) is 11.8. The predicted molar refractivity (Wildman–Crippen MR) is 488 cm³/mol. The number of hydrogen-bond donors (Lipinski definition) is 0. The molecule has 10 heteroatoms. The van der Waals surface area contributed by atoms with Crippen molar-refractivity contribution in [3.05, 3.63) is 454 Å². The van der Waals surface area contributed by atoms with Gasteiger partial charge in [-0.1, -0.05) is 315 Å². The van der Waals surface area contributed by atoms with Gasteiger partial charge in [-0.05, 0) is 169 Å². The number of hydrogen-bond acceptors (Lipinski definition) is 10. The van der Waals surface area contributed by atoms with Crippen LogP contribution in [-0.2, 0) is 10.8 Å². The summed E-state index contributed by atoms with van der Waals surface area (Å²) < 4.78 is 13.8. The van der Waals surface area contributed by atoms with E-state index in [-0.39, 0.29) is 0 Å². The molecule has 0 spiro atoms. The lowest BCUT2D eigenvalue weighted by molar-refractivity contribution is 0.642. The minimum Gasteiger partial charge on any atom is -0.456 e. The van der Waals surface area contributed by atoms with Gasteiger partial charge in [-0.25, -0.2) is 29.9 Å². The highest BCUT2D eigenvalue weighted by molar-refractivity contribution is 6.09. The van der Waals surface area contributed by atoms with Crippen LogP contribution in [0.25, 0.3) is 112 Å². The summed E-state index contributed by atoms with van der Waals surface area (Å²) in [7, 11) is 0. The number of benzene rings is 16. The Balaban J connectivity index is 0.000000148. The van der Waals surface area contributed by atoms with Gasteiger partial charge in [-0.3, -0.25) is 0 Å². The molecule has 10 nitrogen and oxygen atoms in total. The van der Waals surface area contributed by atoms with E-state index in [2.05, 4.69) is 294 Å². The Bertz CT molecular complexity index is 7140. The zero-order valence-corrected chi connectivity index (χ0v) is 67.2. The number of para-hydroxylation sites is 8. The molecule has 4 aromatic heterocycles. The largest absolute Gasteiger partial charge is 0.456 e. The Kier molecular flexibility index (Phi) is 17.8. The van der Waals surface area contributed by atoms with Gasteiger partial charge in [0.1, 0.15) is 22.3 Å². The fourth-order valence-corrected chi connectivity index (χ4v) is 19.3. The number of anilines is 6. The lowest BCUT2D eigenvalue weighted by Crippen LogP contribution is -2.38. The molecular formula is C110H80N8O2. The minimum absolute atomic E-state index is 0.636. The molecule has 0 saturated heterocycles. The molecule has 120 heavy (non-hydrogen) atoms. The van der Waals surface area contributed by atoms with E-state index in [4.69, 9.17) is 38.7 Å². The van der Waals surface area contributed by atoms with Crippen LogP contribution in [0.4, 0.5) is 34.1 Å². The van der Waals surface area contributed by atoms with Gasteiger partial charge in [0, 0.05) is 71.7 Å². The van der Waals surface area contributed by atoms with E-state index in [9.17, 15) is 0 Å². The standard InChI is InChI=1S/2C55H40N4O/c1-35-19-10-12-26-43(35)55(46-29-18-25-42-41-24-11-17-32-49(41)60-51(42)46)44-27-13-15-30-47(44)59(48-31-16-14-28-45(48)55)40-33-36(2)50(37(3)34-40)54-57-52(38-20-6-4-7-21-38)56-53(58-54)39-22-8-5-9-23-39;1-35-19-10-12-26-43(35)55(46-29-18-25-42-41-24-11-17-32-49(41)60-51(42)46)44-27-13-15-30-47(44)59(48-31-16-14-28-45(48)55)50-36(2)33-40(34-37(50)3)54-57-52(38-20-6-4-7-21-38)56-53(58-54)39-22-8-5-9-23-39/h2*4-34H,1-3H3. The topological polar surface area (TPSA) is 110 Å². The molecule has 0 N–H and O–H groups in total. The molecule has 6 heterocycles. The highest BCUT2D eigenvalue weighted by Crippen LogP contribution is 2.63. The SMILES string of the molecule is Cc1ccccc1C1(c2cccc3c2oc2ccccc23)c2ccccc2N(c2c(C)cc(-c3nc(-c4ccccc4)nc(-c4ccccc4)n3)cc2C)c2ccccc21.Cc1ccccc1C1(c2cccc3c2oc2ccccc23)c2ccccc2N(c2cc(C)c(-c3nc(-c4ccccc4)nc(-c4ccccc4)n3)c(C)c2)c2ccccc21. The van der Waals surface area contributed by atoms with Gasteiger partial charge >= 0.3 is 0 Å². The van der Waals surface area contributed by atoms with Crippen molar-refractivity contribution in [3.63, 3.8) is 0 Å². The first kappa shape index (κ1) is 72.4. The van der Waals surface area contributed by atoms with Crippen LogP contribution in [0.15, 0.2) is 385 Å². The lowest BCUT2D eigenvalue weighted by atomic mass is 9.61. The zero-order valence-electron chi connectivity index (χ0n) is 67.2. The van der Waals surface area contributed by atoms with Crippen molar-refractivity contribution >= 4 is 78.0 Å². The quantitative estimate of drug-likeness (QED) is 0.117. The third-order valence-electron chi connectivity index (χ3n) is 24.3. The molecular weight excluding hydrogens is 1470 g/mol. The minimum atomic E-state index is -0.712. The van der Waals surface area contributed by atoms with E-state index in [1.165, 1.54) is 44.5 Å². The van der Waals surface area contributed by atoms with Crippen LogP contribution < -0.4 is 9.80 Å². The molecule has 0 fully saturated rings. The van der Waals surface area contributed by atoms with E-state index >= 15 is 0 Å². The maximum Gasteiger partial charge on any atom is 0.164 e. The summed E-state index contributed by atoms with van der Waals surface area (Å²) in [6, 6.07) is 133. The van der Waals surface area contributed by atoms with E-state index in [0.29, 0.717) is 34.9 Å². The van der Waals surface area contributed by atoms with Gasteiger partial charge in [0.2, 0.25) is 0 Å². The summed E-state index contributed by atoms with van der Waals surface area (Å²) in [4.78, 5) is 35.2. The molecule has 22 rings (SSSR count). The van der Waals surface area contributed by atoms with Gasteiger partial charge in [0.15, 0.2) is 34.9 Å². The van der Waals surface area contributed by atoms with Crippen molar-refractivity contribution in [1.82, 2.24) is 29.9 Å². The van der Waals surface area contributed by atoms with Crippen molar-refractivity contribution in [2.45, 2.75) is 52.4 Å². The number of aromatic nitrogens is 6. The molecule has 0 atom stereocenters. The summed E-state index contributed by atoms with van der Waals surface area (Å²) in [6.45, 7) is 13.2. The van der Waals surface area contributed by atoms with Crippen molar-refractivity contribution in [2.75, 3.05) is 9.80 Å². The Morgan fingerprint density at radius 3 is 0.867 bits per heavy atom. The Labute approximate surface area is 696 Å². The maximum atomic E-state index is 6.90. The second kappa shape index (κ2) is 29.5. The van der Waals surface area contributed by atoms with Gasteiger partial charge in [0.05, 0.1) is 39.3 Å². The number of aryl methyl sites for hydroxylation is 6. The van der Waals surface area contributed by atoms with Crippen LogP contribution in [-0.4, -0.2) is 29.9 Å². The summed E-state index contributed by atoms with van der Waals surface area (Å²) in [6.07, 6.45) is 0. The number of nitrogens with zero attached hydrogens (tertiary/aromatic N) is 8. The molecule has 0 aliphatic carbocycles. The van der Waals surface area contributed by atoms with Crippen LogP contribution in [0.2, 0.25) is 0 Å². The monoisotopic (exact) mass is 1540 g/mol. The van der Waals surface area contributed by atoms with Crippen LogP contribution in [0.1, 0.15) is 77.9 Å². The first-order valence-electron chi connectivity index (χ1n) is 40.9. The molecule has 20 aromatic rings. The Morgan fingerprint density at radius 1 is 0.217 bits per heavy atom. The average molecular weight is 1550 g/mol. The highest BCUT2D eigenvalue weighted by atomic mass is 16.3. The van der Waals surface area contributed by atoms with Crippen molar-refractivity contribution in [3.8, 4) is 68.3 Å². The Morgan fingerprint density at radius 2 is 0.500 bits per heavy atom. The zero-order chi connectivity index (χ0) is 80.7. The first-order valence-corrected chi connectivity index (χ1v) is 40.9. The van der Waals surface area contributed by atoms with Crippen LogP contribution >= 0.6 is 0 Å². The number of fused-ring (bicyclic) bond motifs is 10. The van der Waals surface area contributed by atoms with Crippen LogP contribution in [0, 0.1) is 41.5 Å². The predicted octanol–water partition coefficient (Wildman–Crippen LogP) is 27.7. The van der Waals surface area contributed by atoms with Gasteiger partial charge in [0.25, 0.3) is 0 Å². The third-order valence-corrected chi connectivity index (χ3v) is 24.3. The smallest absolute Gasteiger partial charge is 0.164 e. The number of rotatable bonds is 12. The van der Waals surface area contributed by atoms with E-state index in [0.717, 1.165) is 145 Å². The second-order valence-electron chi connectivity index (χ2n) is 31.4. The van der Waals surface area contributed by atoms with E-state index in [1.54, 1.807) is 0 Å². The molecule has 0 amide bonds. The lowest BCUT2D eigenvalue weighted by Gasteiger charge is -2.47. The fourth-order valence-electron chi connectivity index (χ4n) is 19.3. The molecule has 0 unspecified atom stereocenters. The van der Waals surface area contributed by atoms with E-state index in [1.807, 2.05) is 133 Å². The highest BCUT2D eigenvalue weighted by Gasteiger charge is 2.51. The summed E-state index contributed by atoms with van der Waals surface area (Å²) >= 11 is 0. The van der Waals surface area contributed by atoms with Gasteiger partial charge in [-0.15, -0.1) is 0 Å². The molecule has 0 radical (unpaired) electrons. The average Bonchev–Trinajstić information content (AvgIpc) is 1.05. The molecule has 0 bridgehead atoms. The van der Waals surface area contributed by atoms with Crippen molar-refractivity contribution in [1.29, 1.82) is 0 Å². The molecule has 572 valence electrons. The normalized spacial score (nSPS) is 13.0. The van der Waals surface area contributed by atoms with Gasteiger partial charge in [-0.2, -0.15) is 0 Å².